The largest absolute Gasteiger partial charge is 0.494 e. The maximum absolute atomic E-state index is 13.1. The minimum Gasteiger partial charge on any atom is -0.494 e. The summed E-state index contributed by atoms with van der Waals surface area (Å²) in [4.78, 5) is 13.1. The molecule has 3 rings (SSSR count). The van der Waals surface area contributed by atoms with E-state index >= 15 is 0 Å². The molecule has 1 atom stereocenters. The predicted molar refractivity (Wildman–Crippen MR) is 112 cm³/mol. The number of nitrogens with one attached hydrogen (secondary N) is 3. The van der Waals surface area contributed by atoms with Crippen LogP contribution in [0.4, 0.5) is 5.69 Å². The highest BCUT2D eigenvalue weighted by Crippen LogP contribution is 2.29. The average molecular weight is 382 g/mol. The molecule has 0 fully saturated rings. The molecular formula is C21H23N3O2S. The van der Waals surface area contributed by atoms with Crippen molar-refractivity contribution in [1.82, 2.24) is 10.6 Å². The number of amides is 1. The van der Waals surface area contributed by atoms with Crippen LogP contribution >= 0.6 is 12.2 Å². The molecule has 0 saturated carbocycles. The number of anilines is 1. The summed E-state index contributed by atoms with van der Waals surface area (Å²) in [6.07, 6.45) is 0. The number of thiocarbonyl (C=S) groups is 1. The Hall–Kier alpha value is -2.86. The maximum atomic E-state index is 13.1. The number of ether oxygens (including phenoxy) is 1. The van der Waals surface area contributed by atoms with Gasteiger partial charge in [-0.25, -0.2) is 0 Å². The van der Waals surface area contributed by atoms with Gasteiger partial charge >= 0.3 is 0 Å². The van der Waals surface area contributed by atoms with Gasteiger partial charge in [0.15, 0.2) is 5.11 Å². The third kappa shape index (κ3) is 4.28. The topological polar surface area (TPSA) is 62.4 Å². The van der Waals surface area contributed by atoms with E-state index in [9.17, 15) is 4.79 Å². The summed E-state index contributed by atoms with van der Waals surface area (Å²) in [5, 5.41) is 9.77. The highest BCUT2D eigenvalue weighted by Gasteiger charge is 2.30. The summed E-state index contributed by atoms with van der Waals surface area (Å²) in [7, 11) is 0. The van der Waals surface area contributed by atoms with Crippen LogP contribution in [0.25, 0.3) is 0 Å². The third-order valence-corrected chi connectivity index (χ3v) is 4.65. The molecule has 2 aromatic rings. The Labute approximate surface area is 164 Å². The molecule has 1 amide bonds. The molecule has 140 valence electrons. The summed E-state index contributed by atoms with van der Waals surface area (Å²) in [6.45, 7) is 6.38. The zero-order valence-electron chi connectivity index (χ0n) is 15.6. The molecule has 6 heteroatoms. The normalized spacial score (nSPS) is 16.4. The summed E-state index contributed by atoms with van der Waals surface area (Å²) < 4.78 is 5.51. The monoisotopic (exact) mass is 381 g/mol. The van der Waals surface area contributed by atoms with Gasteiger partial charge in [0.2, 0.25) is 0 Å². The quantitative estimate of drug-likeness (QED) is 0.687. The first-order valence-electron chi connectivity index (χ1n) is 8.87. The van der Waals surface area contributed by atoms with Crippen molar-refractivity contribution in [3.05, 3.63) is 70.9 Å². The number of carbonyl (C=O) groups is 1. The van der Waals surface area contributed by atoms with Crippen molar-refractivity contribution >= 4 is 28.9 Å². The van der Waals surface area contributed by atoms with Gasteiger partial charge in [0, 0.05) is 11.4 Å². The molecule has 5 nitrogen and oxygen atoms in total. The van der Waals surface area contributed by atoms with Crippen LogP contribution in [0.2, 0.25) is 0 Å². The SMILES string of the molecule is CCOc1ccc([C@@H]2NC(=S)NC(C)=C2C(=O)Nc2ccccc2C)cc1. The van der Waals surface area contributed by atoms with Gasteiger partial charge in [0.25, 0.3) is 5.91 Å². The number of rotatable bonds is 5. The minimum absolute atomic E-state index is 0.164. The van der Waals surface area contributed by atoms with Crippen molar-refractivity contribution in [2.24, 2.45) is 0 Å². The molecule has 0 aromatic heterocycles. The van der Waals surface area contributed by atoms with Crippen molar-refractivity contribution in [1.29, 1.82) is 0 Å². The van der Waals surface area contributed by atoms with Crippen molar-refractivity contribution in [3.8, 4) is 5.75 Å². The molecule has 1 heterocycles. The zero-order chi connectivity index (χ0) is 19.4. The molecule has 0 spiro atoms. The zero-order valence-corrected chi connectivity index (χ0v) is 16.4. The van der Waals surface area contributed by atoms with Crippen molar-refractivity contribution in [3.63, 3.8) is 0 Å². The van der Waals surface area contributed by atoms with Crippen LogP contribution in [0, 0.1) is 6.92 Å². The van der Waals surface area contributed by atoms with Gasteiger partial charge in [-0.15, -0.1) is 0 Å². The number of carbonyl (C=O) groups excluding carboxylic acids is 1. The second-order valence-electron chi connectivity index (χ2n) is 6.34. The Bertz CT molecular complexity index is 891. The van der Waals surface area contributed by atoms with Crippen LogP contribution in [0.5, 0.6) is 5.75 Å². The van der Waals surface area contributed by atoms with Gasteiger partial charge in [0.1, 0.15) is 5.75 Å². The number of para-hydroxylation sites is 1. The first-order valence-corrected chi connectivity index (χ1v) is 9.28. The Morgan fingerprint density at radius 1 is 1.15 bits per heavy atom. The van der Waals surface area contributed by atoms with Crippen LogP contribution in [0.15, 0.2) is 59.8 Å². The molecular weight excluding hydrogens is 358 g/mol. The summed E-state index contributed by atoms with van der Waals surface area (Å²) in [5.74, 6) is 0.632. The van der Waals surface area contributed by atoms with Crippen molar-refractivity contribution < 1.29 is 9.53 Å². The van der Waals surface area contributed by atoms with E-state index in [1.54, 1.807) is 0 Å². The molecule has 0 unspecified atom stereocenters. The second-order valence-corrected chi connectivity index (χ2v) is 6.75. The number of hydrogen-bond acceptors (Lipinski definition) is 3. The number of aryl methyl sites for hydroxylation is 1. The maximum Gasteiger partial charge on any atom is 0.255 e. The van der Waals surface area contributed by atoms with E-state index in [4.69, 9.17) is 17.0 Å². The first kappa shape index (κ1) is 18.9. The fourth-order valence-corrected chi connectivity index (χ4v) is 3.34. The molecule has 27 heavy (non-hydrogen) atoms. The van der Waals surface area contributed by atoms with E-state index in [1.165, 1.54) is 0 Å². The predicted octanol–water partition coefficient (Wildman–Crippen LogP) is 3.83. The first-order chi connectivity index (χ1) is 13.0. The standard InChI is InChI=1S/C21H23N3O2S/c1-4-26-16-11-9-15(10-12-16)19-18(14(3)22-21(27)24-19)20(25)23-17-8-6-5-7-13(17)2/h5-12,19H,4H2,1-3H3,(H,23,25)(H2,22,24,27)/t19-/m0/s1. The minimum atomic E-state index is -0.335. The molecule has 2 aromatic carbocycles. The highest BCUT2D eigenvalue weighted by atomic mass is 32.1. The summed E-state index contributed by atoms with van der Waals surface area (Å²) in [5.41, 5.74) is 4.09. The molecule has 0 bridgehead atoms. The van der Waals surface area contributed by atoms with Crippen LogP contribution in [-0.2, 0) is 4.79 Å². The molecule has 0 radical (unpaired) electrons. The van der Waals surface area contributed by atoms with Crippen molar-refractivity contribution in [2.45, 2.75) is 26.8 Å². The van der Waals surface area contributed by atoms with Crippen LogP contribution < -0.4 is 20.7 Å². The average Bonchev–Trinajstić information content (AvgIpc) is 2.64. The third-order valence-electron chi connectivity index (χ3n) is 4.43. The van der Waals surface area contributed by atoms with Gasteiger partial charge in [-0.2, -0.15) is 0 Å². The van der Waals surface area contributed by atoms with Crippen LogP contribution in [0.1, 0.15) is 31.0 Å². The fourth-order valence-electron chi connectivity index (χ4n) is 3.07. The van der Waals surface area contributed by atoms with Gasteiger partial charge in [-0.05, 0) is 62.3 Å². The molecule has 3 N–H and O–H groups in total. The van der Waals surface area contributed by atoms with E-state index in [1.807, 2.05) is 69.3 Å². The summed E-state index contributed by atoms with van der Waals surface area (Å²) in [6, 6.07) is 15.1. The lowest BCUT2D eigenvalue weighted by Crippen LogP contribution is -2.45. The fraction of sp³-hybridized carbons (Fsp3) is 0.238. The Morgan fingerprint density at radius 2 is 1.85 bits per heavy atom. The van der Waals surface area contributed by atoms with E-state index in [2.05, 4.69) is 16.0 Å². The highest BCUT2D eigenvalue weighted by molar-refractivity contribution is 7.80. The summed E-state index contributed by atoms with van der Waals surface area (Å²) >= 11 is 5.30. The number of benzene rings is 2. The molecule has 0 aliphatic carbocycles. The Balaban J connectivity index is 1.91. The van der Waals surface area contributed by atoms with Gasteiger partial charge in [0.05, 0.1) is 18.2 Å². The van der Waals surface area contributed by atoms with E-state index < -0.39 is 0 Å². The molecule has 0 saturated heterocycles. The van der Waals surface area contributed by atoms with E-state index in [0.29, 0.717) is 17.3 Å². The van der Waals surface area contributed by atoms with Crippen molar-refractivity contribution in [2.75, 3.05) is 11.9 Å². The van der Waals surface area contributed by atoms with E-state index in [-0.39, 0.29) is 11.9 Å². The van der Waals surface area contributed by atoms with Gasteiger partial charge in [-0.3, -0.25) is 4.79 Å². The lowest BCUT2D eigenvalue weighted by Gasteiger charge is -2.30. The van der Waals surface area contributed by atoms with Gasteiger partial charge < -0.3 is 20.7 Å². The van der Waals surface area contributed by atoms with Crippen LogP contribution in [-0.4, -0.2) is 17.6 Å². The van der Waals surface area contributed by atoms with Crippen LogP contribution in [0.3, 0.4) is 0 Å². The number of hydrogen-bond donors (Lipinski definition) is 3. The number of allylic oxidation sites excluding steroid dienone is 1. The smallest absolute Gasteiger partial charge is 0.255 e. The van der Waals surface area contributed by atoms with Gasteiger partial charge in [-0.1, -0.05) is 30.3 Å². The molecule has 1 aliphatic heterocycles. The molecule has 1 aliphatic rings. The van der Waals surface area contributed by atoms with E-state index in [0.717, 1.165) is 28.3 Å². The Morgan fingerprint density at radius 3 is 2.52 bits per heavy atom. The lowest BCUT2D eigenvalue weighted by molar-refractivity contribution is -0.113. The lowest BCUT2D eigenvalue weighted by atomic mass is 9.94. The Kier molecular flexibility index (Phi) is 5.76. The second kappa shape index (κ2) is 8.22.